The molecule has 92 valence electrons. The number of methoxy groups -OCH3 is 1. The summed E-state index contributed by atoms with van der Waals surface area (Å²) in [4.78, 5) is 20.8. The number of hydrogen-bond acceptors (Lipinski definition) is 6. The van der Waals surface area contributed by atoms with E-state index in [1.54, 1.807) is 0 Å². The number of nitro benzene ring substituents is 1. The molecular formula is C9H10BKNO6-. The van der Waals surface area contributed by atoms with Crippen molar-refractivity contribution in [2.45, 2.75) is 0 Å². The molecule has 2 N–H and O–H groups in total. The van der Waals surface area contributed by atoms with E-state index in [0.717, 1.165) is 19.2 Å². The molecule has 1 rings (SSSR count). The molecule has 18 heavy (non-hydrogen) atoms. The Morgan fingerprint density at radius 3 is 2.44 bits per heavy atom. The maximum absolute atomic E-state index is 11.1. The monoisotopic (exact) mass is 278 g/mol. The predicted molar refractivity (Wildman–Crippen MR) is 59.5 cm³/mol. The summed E-state index contributed by atoms with van der Waals surface area (Å²) in [6.07, 6.45) is 0. The van der Waals surface area contributed by atoms with Gasteiger partial charge in [0.25, 0.3) is 0 Å². The molecule has 0 saturated heterocycles. The average Bonchev–Trinajstić information content (AvgIpc) is 2.27. The van der Waals surface area contributed by atoms with Crippen molar-refractivity contribution >= 4 is 24.2 Å². The van der Waals surface area contributed by atoms with Crippen LogP contribution in [0.25, 0.3) is 0 Å². The van der Waals surface area contributed by atoms with E-state index >= 15 is 0 Å². The quantitative estimate of drug-likeness (QED) is 0.194. The molecule has 0 spiro atoms. The molecule has 0 aliphatic heterocycles. The van der Waals surface area contributed by atoms with Gasteiger partial charge < -0.3 is 22.2 Å². The summed E-state index contributed by atoms with van der Waals surface area (Å²) in [5.74, 6) is -0.806. The summed E-state index contributed by atoms with van der Waals surface area (Å²) in [5, 5.41) is 28.2. The van der Waals surface area contributed by atoms with Gasteiger partial charge in [-0.3, -0.25) is 10.1 Å². The Kier molecular flexibility index (Phi) is 9.74. The van der Waals surface area contributed by atoms with Gasteiger partial charge in [-0.1, -0.05) is 6.07 Å². The number of rotatable bonds is 3. The largest absolute Gasteiger partial charge is 1.00 e. The van der Waals surface area contributed by atoms with Crippen molar-refractivity contribution in [2.75, 3.05) is 7.11 Å². The fourth-order valence-electron chi connectivity index (χ4n) is 1.05. The van der Waals surface area contributed by atoms with E-state index in [0.29, 0.717) is 0 Å². The van der Waals surface area contributed by atoms with E-state index in [2.05, 4.69) is 10.8 Å². The predicted octanol–water partition coefficient (Wildman–Crippen LogP) is -3.68. The molecule has 0 heterocycles. The van der Waals surface area contributed by atoms with E-state index < -0.39 is 23.7 Å². The second kappa shape index (κ2) is 8.75. The van der Waals surface area contributed by atoms with Crippen molar-refractivity contribution < 1.29 is 75.9 Å². The summed E-state index contributed by atoms with van der Waals surface area (Å²) >= 11 is 0. The fraction of sp³-hybridized carbons (Fsp3) is 0.111. The van der Waals surface area contributed by atoms with Gasteiger partial charge in [0.15, 0.2) is 5.69 Å². The number of carbonyl (C=O) groups is 1. The first kappa shape index (κ1) is 20.0. The molecule has 0 amide bonds. The Morgan fingerprint density at radius 2 is 2.06 bits per heavy atom. The van der Waals surface area contributed by atoms with Crippen LogP contribution in [-0.4, -0.2) is 35.2 Å². The van der Waals surface area contributed by atoms with Crippen LogP contribution in [0.5, 0.6) is 0 Å². The third kappa shape index (κ3) is 5.14. The standard InChI is InChI=1S/C8H7BNO6.CH3.K/c1-16-8(11)5-2-6(9(12)13)4-7(3-5)10(14)15;;/h2-3,12-13H,1H3;1H3;/q2*-1;+1. The van der Waals surface area contributed by atoms with Gasteiger partial charge in [0, 0.05) is 4.92 Å². The molecule has 0 radical (unpaired) electrons. The zero-order valence-electron chi connectivity index (χ0n) is 10.2. The van der Waals surface area contributed by atoms with E-state index in [-0.39, 0.29) is 69.8 Å². The smallest absolute Gasteiger partial charge is 0.467 e. The van der Waals surface area contributed by atoms with Crippen LogP contribution < -0.4 is 56.8 Å². The number of esters is 1. The van der Waals surface area contributed by atoms with Gasteiger partial charge in [0.1, 0.15) is 0 Å². The zero-order chi connectivity index (χ0) is 12.3. The van der Waals surface area contributed by atoms with Gasteiger partial charge in [-0.05, 0) is 5.56 Å². The average molecular weight is 278 g/mol. The van der Waals surface area contributed by atoms with Crippen molar-refractivity contribution in [1.82, 2.24) is 0 Å². The molecule has 0 aromatic heterocycles. The molecule has 0 atom stereocenters. The van der Waals surface area contributed by atoms with Crippen LogP contribution in [0.15, 0.2) is 12.1 Å². The van der Waals surface area contributed by atoms with Gasteiger partial charge in [-0.15, -0.1) is 11.5 Å². The van der Waals surface area contributed by atoms with Gasteiger partial charge in [-0.25, -0.2) is 4.79 Å². The van der Waals surface area contributed by atoms with Gasteiger partial charge in [-0.2, -0.15) is 6.07 Å². The topological polar surface area (TPSA) is 110 Å². The Labute approximate surface area is 147 Å². The van der Waals surface area contributed by atoms with Crippen molar-refractivity contribution in [2.24, 2.45) is 0 Å². The minimum Gasteiger partial charge on any atom is -0.467 e. The summed E-state index contributed by atoms with van der Waals surface area (Å²) < 4.78 is 4.37. The zero-order valence-corrected chi connectivity index (χ0v) is 13.3. The fourth-order valence-corrected chi connectivity index (χ4v) is 1.05. The summed E-state index contributed by atoms with van der Waals surface area (Å²) in [5.41, 5.74) is -0.948. The number of nitrogens with zero attached hydrogens (tertiary/aromatic N) is 1. The minimum absolute atomic E-state index is 0. The first-order valence-corrected chi connectivity index (χ1v) is 4.12. The molecule has 9 heteroatoms. The van der Waals surface area contributed by atoms with Crippen molar-refractivity contribution in [3.63, 3.8) is 0 Å². The first-order valence-electron chi connectivity index (χ1n) is 4.12. The van der Waals surface area contributed by atoms with Crippen LogP contribution in [0.2, 0.25) is 0 Å². The van der Waals surface area contributed by atoms with Crippen LogP contribution in [0.3, 0.4) is 0 Å². The number of carbonyl (C=O) groups excluding carboxylic acids is 1. The van der Waals surface area contributed by atoms with E-state index in [9.17, 15) is 14.9 Å². The van der Waals surface area contributed by atoms with Crippen LogP contribution >= 0.6 is 0 Å². The summed E-state index contributed by atoms with van der Waals surface area (Å²) in [6, 6.07) is 4.16. The number of non-ortho nitro benzene ring substituents is 1. The van der Waals surface area contributed by atoms with E-state index in [1.807, 2.05) is 0 Å². The third-order valence-corrected chi connectivity index (χ3v) is 1.77. The van der Waals surface area contributed by atoms with Crippen LogP contribution in [0, 0.1) is 23.6 Å². The second-order valence-corrected chi connectivity index (χ2v) is 2.83. The summed E-state index contributed by atoms with van der Waals surface area (Å²) in [6.45, 7) is 0. The summed E-state index contributed by atoms with van der Waals surface area (Å²) in [7, 11) is -0.830. The Balaban J connectivity index is 0. The number of hydrogen-bond donors (Lipinski definition) is 2. The number of benzene rings is 1. The molecule has 0 saturated carbocycles. The maximum Gasteiger partial charge on any atom is 1.00 e. The molecule has 7 nitrogen and oxygen atoms in total. The normalized spacial score (nSPS) is 8.61. The van der Waals surface area contributed by atoms with Crippen molar-refractivity contribution in [3.05, 3.63) is 41.3 Å². The molecular weight excluding hydrogens is 268 g/mol. The Hall–Kier alpha value is -0.289. The molecule has 0 unspecified atom stereocenters. The van der Waals surface area contributed by atoms with E-state index in [1.165, 1.54) is 0 Å². The van der Waals surface area contributed by atoms with Gasteiger partial charge in [0.05, 0.1) is 7.11 Å². The molecule has 0 aliphatic carbocycles. The molecule has 1 aromatic carbocycles. The van der Waals surface area contributed by atoms with Crippen LogP contribution in [0.4, 0.5) is 5.69 Å². The molecule has 0 aliphatic rings. The van der Waals surface area contributed by atoms with Crippen LogP contribution in [-0.2, 0) is 4.74 Å². The maximum atomic E-state index is 11.1. The minimum atomic E-state index is -1.94. The Morgan fingerprint density at radius 1 is 1.50 bits per heavy atom. The van der Waals surface area contributed by atoms with E-state index in [4.69, 9.17) is 10.0 Å². The molecule has 0 bridgehead atoms. The SMILES string of the molecule is COC(=O)c1cc(B(O)O)[c-]c([N+](=O)[O-])c1.[CH3-].[K+]. The van der Waals surface area contributed by atoms with Crippen molar-refractivity contribution in [3.8, 4) is 0 Å². The molecule has 0 fully saturated rings. The second-order valence-electron chi connectivity index (χ2n) is 2.83. The van der Waals surface area contributed by atoms with Crippen molar-refractivity contribution in [1.29, 1.82) is 0 Å². The Bertz CT molecular complexity index is 439. The third-order valence-electron chi connectivity index (χ3n) is 1.77. The van der Waals surface area contributed by atoms with Gasteiger partial charge >= 0.3 is 64.5 Å². The first-order chi connectivity index (χ1) is 7.45. The number of ether oxygens (including phenoxy) is 1. The van der Waals surface area contributed by atoms with Gasteiger partial charge in [0.2, 0.25) is 0 Å². The molecule has 1 aromatic rings. The van der Waals surface area contributed by atoms with Crippen LogP contribution in [0.1, 0.15) is 10.4 Å². The number of nitro groups is 1.